The Labute approximate surface area is 71.9 Å². The molecule has 1 heterocycles. The SMILES string of the molecule is C=CCOc1cccc(CN)n1. The lowest BCUT2D eigenvalue weighted by Gasteiger charge is -2.02. The van der Waals surface area contributed by atoms with E-state index in [0.29, 0.717) is 19.0 Å². The average Bonchev–Trinajstić information content (AvgIpc) is 2.15. The summed E-state index contributed by atoms with van der Waals surface area (Å²) in [5.74, 6) is 0.595. The standard InChI is InChI=1S/C9H12N2O/c1-2-6-12-9-5-3-4-8(7-10)11-9/h2-5H,1,6-7,10H2. The highest BCUT2D eigenvalue weighted by Gasteiger charge is 1.94. The van der Waals surface area contributed by atoms with Crippen LogP contribution in [0.1, 0.15) is 5.69 Å². The molecule has 0 radical (unpaired) electrons. The normalized spacial score (nSPS) is 9.42. The van der Waals surface area contributed by atoms with Crippen molar-refractivity contribution in [3.63, 3.8) is 0 Å². The quantitative estimate of drug-likeness (QED) is 0.678. The van der Waals surface area contributed by atoms with Gasteiger partial charge in [-0.15, -0.1) is 0 Å². The van der Waals surface area contributed by atoms with Crippen LogP contribution < -0.4 is 10.5 Å². The van der Waals surface area contributed by atoms with Crippen molar-refractivity contribution in [3.05, 3.63) is 36.5 Å². The molecule has 12 heavy (non-hydrogen) atoms. The van der Waals surface area contributed by atoms with Crippen molar-refractivity contribution in [1.82, 2.24) is 4.98 Å². The summed E-state index contributed by atoms with van der Waals surface area (Å²) in [5, 5.41) is 0. The predicted molar refractivity (Wildman–Crippen MR) is 47.8 cm³/mol. The monoisotopic (exact) mass is 164 g/mol. The maximum absolute atomic E-state index is 5.41. The number of aromatic nitrogens is 1. The van der Waals surface area contributed by atoms with Crippen LogP contribution >= 0.6 is 0 Å². The van der Waals surface area contributed by atoms with E-state index in [0.717, 1.165) is 5.69 Å². The molecular weight excluding hydrogens is 152 g/mol. The highest BCUT2D eigenvalue weighted by atomic mass is 16.5. The topological polar surface area (TPSA) is 48.1 Å². The van der Waals surface area contributed by atoms with Crippen LogP contribution in [0, 0.1) is 0 Å². The fourth-order valence-corrected chi connectivity index (χ4v) is 0.796. The first-order valence-corrected chi connectivity index (χ1v) is 3.76. The number of hydrogen-bond acceptors (Lipinski definition) is 3. The van der Waals surface area contributed by atoms with E-state index in [4.69, 9.17) is 10.5 Å². The van der Waals surface area contributed by atoms with Crippen molar-refractivity contribution in [2.75, 3.05) is 6.61 Å². The highest BCUT2D eigenvalue weighted by Crippen LogP contribution is 2.06. The third kappa shape index (κ3) is 2.36. The summed E-state index contributed by atoms with van der Waals surface area (Å²) in [4.78, 5) is 4.13. The van der Waals surface area contributed by atoms with Crippen molar-refractivity contribution < 1.29 is 4.74 Å². The van der Waals surface area contributed by atoms with Gasteiger partial charge in [-0.05, 0) is 6.07 Å². The average molecular weight is 164 g/mol. The summed E-state index contributed by atoms with van der Waals surface area (Å²) in [6.07, 6.45) is 1.68. The van der Waals surface area contributed by atoms with Crippen LogP contribution in [0.5, 0.6) is 5.88 Å². The number of pyridine rings is 1. The van der Waals surface area contributed by atoms with Gasteiger partial charge in [0.15, 0.2) is 0 Å². The first-order chi connectivity index (χ1) is 5.86. The molecule has 0 aromatic carbocycles. The molecular formula is C9H12N2O. The molecule has 1 rings (SSSR count). The van der Waals surface area contributed by atoms with Gasteiger partial charge in [-0.1, -0.05) is 18.7 Å². The van der Waals surface area contributed by atoms with Gasteiger partial charge in [-0.25, -0.2) is 4.98 Å². The van der Waals surface area contributed by atoms with E-state index in [1.165, 1.54) is 0 Å². The van der Waals surface area contributed by atoms with Gasteiger partial charge in [0.1, 0.15) is 6.61 Å². The zero-order valence-corrected chi connectivity index (χ0v) is 6.86. The lowest BCUT2D eigenvalue weighted by atomic mass is 10.3. The number of nitrogens with two attached hydrogens (primary N) is 1. The minimum absolute atomic E-state index is 0.436. The molecule has 3 nitrogen and oxygen atoms in total. The van der Waals surface area contributed by atoms with E-state index in [-0.39, 0.29) is 0 Å². The van der Waals surface area contributed by atoms with Crippen LogP contribution in [0.25, 0.3) is 0 Å². The van der Waals surface area contributed by atoms with Crippen molar-refractivity contribution >= 4 is 0 Å². The molecule has 0 amide bonds. The maximum Gasteiger partial charge on any atom is 0.213 e. The summed E-state index contributed by atoms with van der Waals surface area (Å²) in [6, 6.07) is 5.52. The molecule has 0 aliphatic rings. The molecule has 3 heteroatoms. The van der Waals surface area contributed by atoms with Crippen LogP contribution in [0.3, 0.4) is 0 Å². The fraction of sp³-hybridized carbons (Fsp3) is 0.222. The molecule has 0 aliphatic carbocycles. The Bertz CT molecular complexity index is 260. The lowest BCUT2D eigenvalue weighted by Crippen LogP contribution is -2.02. The molecule has 0 bridgehead atoms. The molecule has 0 aliphatic heterocycles. The minimum atomic E-state index is 0.436. The summed E-state index contributed by atoms with van der Waals surface area (Å²) < 4.78 is 5.21. The fourth-order valence-electron chi connectivity index (χ4n) is 0.796. The molecule has 0 spiro atoms. The summed E-state index contributed by atoms with van der Waals surface area (Å²) >= 11 is 0. The van der Waals surface area contributed by atoms with Crippen molar-refractivity contribution in [2.45, 2.75) is 6.54 Å². The minimum Gasteiger partial charge on any atom is -0.473 e. The Morgan fingerprint density at radius 3 is 3.08 bits per heavy atom. The Morgan fingerprint density at radius 2 is 2.42 bits per heavy atom. The number of hydrogen-bond donors (Lipinski definition) is 1. The molecule has 0 unspecified atom stereocenters. The molecule has 1 aromatic rings. The van der Waals surface area contributed by atoms with Gasteiger partial charge in [0.05, 0.1) is 5.69 Å². The first-order valence-electron chi connectivity index (χ1n) is 3.76. The van der Waals surface area contributed by atoms with Crippen molar-refractivity contribution in [1.29, 1.82) is 0 Å². The lowest BCUT2D eigenvalue weighted by molar-refractivity contribution is 0.347. The molecule has 0 saturated carbocycles. The second-order valence-electron chi connectivity index (χ2n) is 2.27. The smallest absolute Gasteiger partial charge is 0.213 e. The zero-order valence-electron chi connectivity index (χ0n) is 6.86. The molecule has 2 N–H and O–H groups in total. The Kier molecular flexibility index (Phi) is 3.29. The molecule has 0 fully saturated rings. The Balaban J connectivity index is 2.65. The third-order valence-corrected chi connectivity index (χ3v) is 1.34. The second kappa shape index (κ2) is 4.51. The first kappa shape index (κ1) is 8.74. The number of ether oxygens (including phenoxy) is 1. The summed E-state index contributed by atoms with van der Waals surface area (Å²) in [7, 11) is 0. The zero-order chi connectivity index (χ0) is 8.81. The molecule has 0 saturated heterocycles. The third-order valence-electron chi connectivity index (χ3n) is 1.34. The number of rotatable bonds is 4. The largest absolute Gasteiger partial charge is 0.473 e. The van der Waals surface area contributed by atoms with Crippen molar-refractivity contribution in [2.24, 2.45) is 5.73 Å². The van der Waals surface area contributed by atoms with Crippen LogP contribution in [0.15, 0.2) is 30.9 Å². The van der Waals surface area contributed by atoms with Crippen LogP contribution in [-0.4, -0.2) is 11.6 Å². The Hall–Kier alpha value is -1.35. The molecule has 0 atom stereocenters. The van der Waals surface area contributed by atoms with E-state index >= 15 is 0 Å². The van der Waals surface area contributed by atoms with Crippen LogP contribution in [-0.2, 0) is 6.54 Å². The van der Waals surface area contributed by atoms with Gasteiger partial charge in [0.25, 0.3) is 0 Å². The van der Waals surface area contributed by atoms with E-state index in [1.54, 1.807) is 12.1 Å². The van der Waals surface area contributed by atoms with Gasteiger partial charge < -0.3 is 10.5 Å². The Morgan fingerprint density at radius 1 is 1.58 bits per heavy atom. The van der Waals surface area contributed by atoms with Gasteiger partial charge in [0.2, 0.25) is 5.88 Å². The van der Waals surface area contributed by atoms with Gasteiger partial charge in [-0.2, -0.15) is 0 Å². The van der Waals surface area contributed by atoms with Crippen LogP contribution in [0.2, 0.25) is 0 Å². The molecule has 64 valence electrons. The highest BCUT2D eigenvalue weighted by molar-refractivity contribution is 5.15. The summed E-state index contributed by atoms with van der Waals surface area (Å²) in [6.45, 7) is 4.45. The number of nitrogens with zero attached hydrogens (tertiary/aromatic N) is 1. The maximum atomic E-state index is 5.41. The van der Waals surface area contributed by atoms with Crippen LogP contribution in [0.4, 0.5) is 0 Å². The van der Waals surface area contributed by atoms with Crippen molar-refractivity contribution in [3.8, 4) is 5.88 Å². The van der Waals surface area contributed by atoms with E-state index < -0.39 is 0 Å². The van der Waals surface area contributed by atoms with Gasteiger partial charge >= 0.3 is 0 Å². The molecule has 1 aromatic heterocycles. The predicted octanol–water partition coefficient (Wildman–Crippen LogP) is 1.11. The second-order valence-corrected chi connectivity index (χ2v) is 2.27. The van der Waals surface area contributed by atoms with Gasteiger partial charge in [0, 0.05) is 12.6 Å². The van der Waals surface area contributed by atoms with E-state index in [2.05, 4.69) is 11.6 Å². The van der Waals surface area contributed by atoms with E-state index in [1.807, 2.05) is 12.1 Å². The van der Waals surface area contributed by atoms with Gasteiger partial charge in [-0.3, -0.25) is 0 Å². The van der Waals surface area contributed by atoms with E-state index in [9.17, 15) is 0 Å². The summed E-state index contributed by atoms with van der Waals surface area (Å²) in [5.41, 5.74) is 6.24.